The average Bonchev–Trinajstić information content (AvgIpc) is 3.01. The lowest BCUT2D eigenvalue weighted by molar-refractivity contribution is 0.355. The van der Waals surface area contributed by atoms with Crippen LogP contribution in [0.5, 0.6) is 0 Å². The fourth-order valence-corrected chi connectivity index (χ4v) is 2.91. The maximum absolute atomic E-state index is 6.31. The molecule has 96 valence electrons. The minimum Gasteiger partial charge on any atom is -0.314 e. The highest BCUT2D eigenvalue weighted by Gasteiger charge is 2.47. The Labute approximate surface area is 109 Å². The lowest BCUT2D eigenvalue weighted by Gasteiger charge is -2.24. The third-order valence-corrected chi connectivity index (χ3v) is 4.59. The van der Waals surface area contributed by atoms with Crippen molar-refractivity contribution in [1.82, 2.24) is 15.1 Å². The summed E-state index contributed by atoms with van der Waals surface area (Å²) in [5.74, 6) is 0. The number of halogens is 1. The lowest BCUT2D eigenvalue weighted by atomic mass is 9.90. The molecule has 4 heteroatoms. The van der Waals surface area contributed by atoms with Crippen LogP contribution < -0.4 is 5.32 Å². The molecule has 0 spiro atoms. The first-order valence-corrected chi connectivity index (χ1v) is 6.79. The fourth-order valence-electron chi connectivity index (χ4n) is 2.67. The Bertz CT molecular complexity index is 407. The van der Waals surface area contributed by atoms with Crippen molar-refractivity contribution in [2.75, 3.05) is 6.54 Å². The zero-order valence-corrected chi connectivity index (χ0v) is 11.9. The van der Waals surface area contributed by atoms with Crippen molar-refractivity contribution in [1.29, 1.82) is 0 Å². The van der Waals surface area contributed by atoms with Crippen molar-refractivity contribution in [3.63, 3.8) is 0 Å². The first-order chi connectivity index (χ1) is 8.00. The Morgan fingerprint density at radius 1 is 1.53 bits per heavy atom. The van der Waals surface area contributed by atoms with Gasteiger partial charge in [-0.05, 0) is 45.1 Å². The van der Waals surface area contributed by atoms with Crippen LogP contribution >= 0.6 is 11.6 Å². The van der Waals surface area contributed by atoms with Crippen LogP contribution in [0.25, 0.3) is 0 Å². The molecule has 1 saturated carbocycles. The molecule has 1 aliphatic rings. The van der Waals surface area contributed by atoms with Gasteiger partial charge in [0.1, 0.15) is 5.15 Å². The van der Waals surface area contributed by atoms with E-state index in [0.717, 1.165) is 23.8 Å². The third-order valence-electron chi connectivity index (χ3n) is 4.12. The summed E-state index contributed by atoms with van der Waals surface area (Å²) in [6.45, 7) is 7.53. The van der Waals surface area contributed by atoms with E-state index < -0.39 is 0 Å². The first-order valence-electron chi connectivity index (χ1n) is 6.41. The van der Waals surface area contributed by atoms with Crippen molar-refractivity contribution < 1.29 is 0 Å². The summed E-state index contributed by atoms with van der Waals surface area (Å²) < 4.78 is 1.78. The van der Waals surface area contributed by atoms with E-state index >= 15 is 0 Å². The maximum atomic E-state index is 6.31. The summed E-state index contributed by atoms with van der Waals surface area (Å²) in [5, 5.41) is 8.74. The van der Waals surface area contributed by atoms with Gasteiger partial charge < -0.3 is 5.32 Å². The Morgan fingerprint density at radius 3 is 2.59 bits per heavy atom. The minimum atomic E-state index is 0.410. The number of hydrogen-bond acceptors (Lipinski definition) is 2. The number of aromatic nitrogens is 2. The molecule has 1 heterocycles. The predicted octanol–water partition coefficient (Wildman–Crippen LogP) is 2.70. The van der Waals surface area contributed by atoms with Gasteiger partial charge in [-0.15, -0.1) is 0 Å². The lowest BCUT2D eigenvalue weighted by Crippen LogP contribution is -2.36. The molecule has 3 nitrogen and oxygen atoms in total. The Morgan fingerprint density at radius 2 is 2.18 bits per heavy atom. The summed E-state index contributed by atoms with van der Waals surface area (Å²) in [4.78, 5) is 0. The van der Waals surface area contributed by atoms with Gasteiger partial charge in [0.2, 0.25) is 0 Å². The summed E-state index contributed by atoms with van der Waals surface area (Å²) in [6.07, 6.45) is 3.65. The van der Waals surface area contributed by atoms with E-state index in [1.165, 1.54) is 18.4 Å². The van der Waals surface area contributed by atoms with Gasteiger partial charge in [0.25, 0.3) is 0 Å². The summed E-state index contributed by atoms with van der Waals surface area (Å²) in [6, 6.07) is 0.558. The number of nitrogens with one attached hydrogen (secondary N) is 1. The second-order valence-corrected chi connectivity index (χ2v) is 5.65. The first kappa shape index (κ1) is 12.9. The van der Waals surface area contributed by atoms with Crippen molar-refractivity contribution in [2.24, 2.45) is 12.5 Å². The Kier molecular flexibility index (Phi) is 3.50. The summed E-state index contributed by atoms with van der Waals surface area (Å²) in [7, 11) is 1.91. The highest BCUT2D eigenvalue weighted by molar-refractivity contribution is 6.30. The van der Waals surface area contributed by atoms with Crippen molar-refractivity contribution in [3.05, 3.63) is 16.4 Å². The third kappa shape index (κ3) is 2.36. The van der Waals surface area contributed by atoms with Crippen LogP contribution in [0.4, 0.5) is 0 Å². The van der Waals surface area contributed by atoms with Gasteiger partial charge >= 0.3 is 0 Å². The smallest absolute Gasteiger partial charge is 0.130 e. The number of aryl methyl sites for hydroxylation is 2. The van der Waals surface area contributed by atoms with Crippen molar-refractivity contribution >= 4 is 11.6 Å². The summed E-state index contributed by atoms with van der Waals surface area (Å²) in [5.41, 5.74) is 2.72. The van der Waals surface area contributed by atoms with Crippen LogP contribution in [0.1, 0.15) is 37.9 Å². The van der Waals surface area contributed by atoms with Crippen LogP contribution in [0, 0.1) is 12.3 Å². The van der Waals surface area contributed by atoms with Gasteiger partial charge in [-0.1, -0.05) is 18.5 Å². The average molecular weight is 256 g/mol. The molecule has 1 fully saturated rings. The molecule has 17 heavy (non-hydrogen) atoms. The Hall–Kier alpha value is -0.540. The number of hydrogen-bond donors (Lipinski definition) is 1. The van der Waals surface area contributed by atoms with E-state index in [2.05, 4.69) is 31.2 Å². The van der Waals surface area contributed by atoms with E-state index in [-0.39, 0.29) is 0 Å². The molecule has 1 aliphatic carbocycles. The van der Waals surface area contributed by atoms with E-state index in [0.29, 0.717) is 11.5 Å². The standard InChI is InChI=1S/C13H22ClN3/c1-5-15-10(3)13(6-7-13)8-11-9(2)16-17(4)12(11)14/h10,15H,5-8H2,1-4H3. The van der Waals surface area contributed by atoms with Gasteiger partial charge in [0.05, 0.1) is 5.69 Å². The molecular formula is C13H22ClN3. The van der Waals surface area contributed by atoms with Gasteiger partial charge in [0, 0.05) is 18.7 Å². The molecule has 2 rings (SSSR count). The van der Waals surface area contributed by atoms with Gasteiger partial charge in [-0.3, -0.25) is 4.68 Å². The van der Waals surface area contributed by atoms with Crippen LogP contribution in [0.2, 0.25) is 5.15 Å². The summed E-state index contributed by atoms with van der Waals surface area (Å²) >= 11 is 6.31. The molecule has 1 aromatic rings. The monoisotopic (exact) mass is 255 g/mol. The van der Waals surface area contributed by atoms with E-state index in [4.69, 9.17) is 11.6 Å². The van der Waals surface area contributed by atoms with E-state index in [1.807, 2.05) is 7.05 Å². The van der Waals surface area contributed by atoms with Crippen molar-refractivity contribution in [3.8, 4) is 0 Å². The molecule has 0 aliphatic heterocycles. The molecule has 0 radical (unpaired) electrons. The van der Waals surface area contributed by atoms with Crippen LogP contribution in [-0.4, -0.2) is 22.4 Å². The molecule has 0 amide bonds. The molecule has 1 atom stereocenters. The largest absolute Gasteiger partial charge is 0.314 e. The topological polar surface area (TPSA) is 29.9 Å². The predicted molar refractivity (Wildman–Crippen MR) is 71.5 cm³/mol. The SMILES string of the molecule is CCNC(C)C1(Cc2c(C)nn(C)c2Cl)CC1. The number of nitrogens with zero attached hydrogens (tertiary/aromatic N) is 2. The highest BCUT2D eigenvalue weighted by Crippen LogP contribution is 2.52. The minimum absolute atomic E-state index is 0.410. The second-order valence-electron chi connectivity index (χ2n) is 5.30. The molecule has 1 aromatic heterocycles. The quantitative estimate of drug-likeness (QED) is 0.877. The van der Waals surface area contributed by atoms with Gasteiger partial charge in [0.15, 0.2) is 0 Å². The second kappa shape index (κ2) is 4.62. The highest BCUT2D eigenvalue weighted by atomic mass is 35.5. The molecule has 0 saturated heterocycles. The maximum Gasteiger partial charge on any atom is 0.130 e. The van der Waals surface area contributed by atoms with Gasteiger partial charge in [-0.2, -0.15) is 5.10 Å². The number of rotatable bonds is 5. The molecule has 0 aromatic carbocycles. The van der Waals surface area contributed by atoms with Crippen molar-refractivity contribution in [2.45, 2.75) is 46.1 Å². The van der Waals surface area contributed by atoms with E-state index in [1.54, 1.807) is 4.68 Å². The van der Waals surface area contributed by atoms with E-state index in [9.17, 15) is 0 Å². The van der Waals surface area contributed by atoms with Gasteiger partial charge in [-0.25, -0.2) is 0 Å². The normalized spacial score (nSPS) is 19.4. The van der Waals surface area contributed by atoms with Crippen LogP contribution in [-0.2, 0) is 13.5 Å². The van der Waals surface area contributed by atoms with Crippen LogP contribution in [0.3, 0.4) is 0 Å². The molecule has 0 bridgehead atoms. The molecular weight excluding hydrogens is 234 g/mol. The van der Waals surface area contributed by atoms with Crippen LogP contribution in [0.15, 0.2) is 0 Å². The molecule has 1 unspecified atom stereocenters. The fraction of sp³-hybridized carbons (Fsp3) is 0.769. The molecule has 1 N–H and O–H groups in total. The Balaban J connectivity index is 2.15. The zero-order valence-electron chi connectivity index (χ0n) is 11.2. The zero-order chi connectivity index (χ0) is 12.6.